The molecule has 0 aromatic rings. The van der Waals surface area contributed by atoms with Gasteiger partial charge in [0.15, 0.2) is 10.1 Å². The number of alkyl halides is 5. The summed E-state index contributed by atoms with van der Waals surface area (Å²) < 4.78 is 58.9. The predicted octanol–water partition coefficient (Wildman–Crippen LogP) is 3.82. The van der Waals surface area contributed by atoms with E-state index in [2.05, 4.69) is 51.5 Å². The first-order valence-corrected chi connectivity index (χ1v) is 8.58. The summed E-state index contributed by atoms with van der Waals surface area (Å²) in [6, 6.07) is 0. The van der Waals surface area contributed by atoms with Crippen LogP contribution in [0.3, 0.4) is 0 Å². The normalized spacial score (nSPS) is 12.8. The van der Waals surface area contributed by atoms with Gasteiger partial charge in [0.25, 0.3) is 0 Å². The molecule has 0 amide bonds. The summed E-state index contributed by atoms with van der Waals surface area (Å²) >= 11 is 9.53. The fourth-order valence-electron chi connectivity index (χ4n) is 0.514. The Labute approximate surface area is 169 Å². The average molecular weight is 524 g/mol. The first-order chi connectivity index (χ1) is 9.87. The summed E-state index contributed by atoms with van der Waals surface area (Å²) in [7, 11) is -6.09. The molecule has 0 spiro atoms. The predicted molar refractivity (Wildman–Crippen MR) is 94.6 cm³/mol. The Morgan fingerprint density at radius 2 is 1.08 bits per heavy atom. The molecule has 0 rings (SSSR count). The molecule has 0 aromatic carbocycles. The zero-order valence-electron chi connectivity index (χ0n) is 14.2. The van der Waals surface area contributed by atoms with Gasteiger partial charge in [0.2, 0.25) is 0 Å². The Balaban J connectivity index is -0.000000145. The molecule has 0 aromatic heterocycles. The molecule has 24 heavy (non-hydrogen) atoms. The average Bonchev–Trinajstić information content (AvgIpc) is 2.21. The second kappa shape index (κ2) is 13.6. The van der Waals surface area contributed by atoms with Gasteiger partial charge in [0, 0.05) is 36.9 Å². The van der Waals surface area contributed by atoms with Crippen molar-refractivity contribution in [2.45, 2.75) is 58.1 Å². The van der Waals surface area contributed by atoms with Crippen LogP contribution in [0.15, 0.2) is 9.98 Å². The van der Waals surface area contributed by atoms with E-state index in [0.717, 1.165) is 0 Å². The third-order valence-electron chi connectivity index (χ3n) is 1.27. The maximum absolute atomic E-state index is 10.7. The topological polar surface area (TPSA) is 81.9 Å². The molecule has 12 heteroatoms. The molecule has 0 aliphatic heterocycles. The van der Waals surface area contributed by atoms with Gasteiger partial charge in [-0.15, -0.1) is 23.2 Å². The fraction of sp³-hybridized carbons (Fsp3) is 0.833. The van der Waals surface area contributed by atoms with Crippen LogP contribution in [0, 0.1) is 0 Å². The second-order valence-corrected chi connectivity index (χ2v) is 8.08. The van der Waals surface area contributed by atoms with Crippen molar-refractivity contribution < 1.29 is 26.1 Å². The minimum Gasteiger partial charge on any atom is -0.741 e. The van der Waals surface area contributed by atoms with E-state index in [-0.39, 0.29) is 40.8 Å². The van der Waals surface area contributed by atoms with E-state index in [9.17, 15) is 13.2 Å². The molecule has 145 valence electrons. The molecule has 0 atom stereocenters. The van der Waals surface area contributed by atoms with Crippen LogP contribution in [-0.4, -0.2) is 71.8 Å². The van der Waals surface area contributed by atoms with Gasteiger partial charge in [-0.3, -0.25) is 9.98 Å². The van der Waals surface area contributed by atoms with E-state index in [0.29, 0.717) is 0 Å². The van der Waals surface area contributed by atoms with Crippen molar-refractivity contribution in [2.75, 3.05) is 5.34 Å². The van der Waals surface area contributed by atoms with Gasteiger partial charge >= 0.3 is 5.51 Å². The first kappa shape index (κ1) is 32.1. The van der Waals surface area contributed by atoms with Crippen LogP contribution in [0.4, 0.5) is 13.2 Å². The van der Waals surface area contributed by atoms with Crippen molar-refractivity contribution in [3.05, 3.63) is 0 Å². The van der Waals surface area contributed by atoms with Gasteiger partial charge in [-0.1, -0.05) is 0 Å². The van der Waals surface area contributed by atoms with Gasteiger partial charge in [0.1, 0.15) is 0 Å². The third kappa shape index (κ3) is 30.3. The standard InChI is InChI=1S/C10H20N2.CH2Cl2.CHF3O3S.Sb/c1-9(2,3)11-7-8-12-10(4,5)6;2-1-3;2-1(3,4)8(5,6)7;/h7-8H,1-6H3;1H2;(H,5,6,7);/p-1. The Bertz CT molecular complexity index is 449. The quantitative estimate of drug-likeness (QED) is 0.172. The van der Waals surface area contributed by atoms with Crippen molar-refractivity contribution in [3.8, 4) is 0 Å². The van der Waals surface area contributed by atoms with Gasteiger partial charge in [-0.05, 0) is 41.5 Å². The molecule has 5 nitrogen and oxygen atoms in total. The third-order valence-corrected chi connectivity index (χ3v) is 1.84. The molecule has 0 unspecified atom stereocenters. The number of hydrogen-bond acceptors (Lipinski definition) is 5. The van der Waals surface area contributed by atoms with Gasteiger partial charge in [-0.25, -0.2) is 8.42 Å². The monoisotopic (exact) mass is 522 g/mol. The molecule has 0 aliphatic carbocycles. The molecular weight excluding hydrogens is 502 g/mol. The van der Waals surface area contributed by atoms with Crippen LogP contribution in [-0.2, 0) is 10.1 Å². The van der Waals surface area contributed by atoms with Crippen LogP contribution in [0.1, 0.15) is 41.5 Å². The summed E-state index contributed by atoms with van der Waals surface area (Å²) in [4.78, 5) is 8.57. The molecule has 0 bridgehead atoms. The van der Waals surface area contributed by atoms with E-state index in [4.69, 9.17) is 36.2 Å². The van der Waals surface area contributed by atoms with Gasteiger partial charge < -0.3 is 4.55 Å². The van der Waals surface area contributed by atoms with E-state index in [1.54, 1.807) is 12.4 Å². The number of rotatable bonds is 1. The zero-order chi connectivity index (χ0) is 19.5. The summed E-state index contributed by atoms with van der Waals surface area (Å²) in [5.74, 6) is 0. The van der Waals surface area contributed by atoms with E-state index in [1.807, 2.05) is 0 Å². The van der Waals surface area contributed by atoms with Crippen molar-refractivity contribution >= 4 is 70.2 Å². The second-order valence-electron chi connectivity index (χ2n) is 5.90. The number of hydrogen-bond donors (Lipinski definition) is 0. The van der Waals surface area contributed by atoms with Crippen LogP contribution in [0.5, 0.6) is 0 Å². The minimum atomic E-state index is -6.09. The van der Waals surface area contributed by atoms with Gasteiger partial charge in [-0.2, -0.15) is 13.2 Å². The summed E-state index contributed by atoms with van der Waals surface area (Å²) in [6.45, 7) is 12.4. The Kier molecular flexibility index (Phi) is 18.2. The number of nitrogens with zero attached hydrogens (tertiary/aromatic N) is 2. The van der Waals surface area contributed by atoms with E-state index in [1.165, 1.54) is 0 Å². The zero-order valence-corrected chi connectivity index (χ0v) is 19.1. The maximum Gasteiger partial charge on any atom is 0.485 e. The van der Waals surface area contributed by atoms with Crippen LogP contribution in [0.25, 0.3) is 0 Å². The molecular formula is C12H22Cl2F3N2O3SSb-. The number of aliphatic imine (C=N–C) groups is 2. The summed E-state index contributed by atoms with van der Waals surface area (Å²) in [6.07, 6.45) is 3.54. The number of halogens is 5. The Morgan fingerprint density at radius 1 is 0.917 bits per heavy atom. The van der Waals surface area contributed by atoms with Crippen molar-refractivity contribution in [1.82, 2.24) is 0 Å². The van der Waals surface area contributed by atoms with E-state index >= 15 is 0 Å². The SMILES string of the molecule is CC(C)(C)N=CC=NC(C)(C)C.ClCCl.O=S(=O)([O-])C(F)(F)F.[Sb]. The molecule has 0 heterocycles. The largest absolute Gasteiger partial charge is 0.741 e. The summed E-state index contributed by atoms with van der Waals surface area (Å²) in [5.41, 5.74) is -5.64. The van der Waals surface area contributed by atoms with Crippen LogP contribution in [0.2, 0.25) is 0 Å². The molecule has 3 radical (unpaired) electrons. The van der Waals surface area contributed by atoms with Gasteiger partial charge in [0.05, 0.1) is 16.4 Å². The Hall–Kier alpha value is 0.438. The fourth-order valence-corrected chi connectivity index (χ4v) is 0.514. The Morgan fingerprint density at radius 3 is 1.17 bits per heavy atom. The molecule has 0 saturated carbocycles. The minimum absolute atomic E-state index is 0. The van der Waals surface area contributed by atoms with Crippen molar-refractivity contribution in [1.29, 1.82) is 0 Å². The van der Waals surface area contributed by atoms with Crippen molar-refractivity contribution in [3.63, 3.8) is 0 Å². The maximum atomic E-state index is 10.7. The van der Waals surface area contributed by atoms with Crippen LogP contribution < -0.4 is 0 Å². The van der Waals surface area contributed by atoms with E-state index < -0.39 is 15.6 Å². The summed E-state index contributed by atoms with van der Waals surface area (Å²) in [5, 5.41) is 0.194. The van der Waals surface area contributed by atoms with Crippen LogP contribution >= 0.6 is 23.2 Å². The molecule has 0 N–H and O–H groups in total. The molecule has 0 fully saturated rings. The molecule has 0 aliphatic rings. The van der Waals surface area contributed by atoms with Crippen molar-refractivity contribution in [2.24, 2.45) is 9.98 Å². The smallest absolute Gasteiger partial charge is 0.485 e. The molecule has 0 saturated heterocycles. The first-order valence-electron chi connectivity index (χ1n) is 6.10.